The van der Waals surface area contributed by atoms with Crippen LogP contribution >= 0.6 is 0 Å². The van der Waals surface area contributed by atoms with Crippen molar-refractivity contribution >= 4 is 12.1 Å². The molecule has 3 rings (SSSR count). The lowest BCUT2D eigenvalue weighted by molar-refractivity contribution is -0.137. The molecule has 5 nitrogen and oxygen atoms in total. The Labute approximate surface area is 159 Å². The van der Waals surface area contributed by atoms with Gasteiger partial charge in [0, 0.05) is 40.6 Å². The average molecular weight is 386 g/mol. The van der Waals surface area contributed by atoms with Crippen LogP contribution in [0, 0.1) is 13.8 Å². The lowest BCUT2D eigenvalue weighted by atomic mass is 10.2. The molecule has 0 saturated carbocycles. The number of hydrogen-bond donors (Lipinski definition) is 1. The topological polar surface area (TPSA) is 59.3 Å². The molecule has 8 heteroatoms. The van der Waals surface area contributed by atoms with E-state index in [1.807, 2.05) is 0 Å². The van der Waals surface area contributed by atoms with Crippen LogP contribution in [0.25, 0.3) is 5.69 Å². The van der Waals surface area contributed by atoms with Gasteiger partial charge in [-0.2, -0.15) is 18.3 Å². The number of hydrogen-bond acceptors (Lipinski definition) is 3. The Balaban J connectivity index is 1.84. The van der Waals surface area contributed by atoms with E-state index in [0.29, 0.717) is 22.5 Å². The Hall–Kier alpha value is -3.42. The Morgan fingerprint density at radius 1 is 1.14 bits per heavy atom. The molecule has 2 aromatic heterocycles. The third-order valence-electron chi connectivity index (χ3n) is 4.21. The zero-order valence-corrected chi connectivity index (χ0v) is 15.2. The number of hydrazone groups is 1. The number of nitrogens with zero attached hydrogens (tertiary/aromatic N) is 3. The van der Waals surface area contributed by atoms with Gasteiger partial charge in [0.05, 0.1) is 11.8 Å². The molecule has 0 unspecified atom stereocenters. The van der Waals surface area contributed by atoms with Crippen LogP contribution in [0.4, 0.5) is 13.2 Å². The van der Waals surface area contributed by atoms with Gasteiger partial charge in [-0.15, -0.1) is 0 Å². The number of aromatic nitrogens is 2. The molecular weight excluding hydrogens is 369 g/mol. The Bertz CT molecular complexity index is 1020. The summed E-state index contributed by atoms with van der Waals surface area (Å²) < 4.78 is 40.7. The minimum absolute atomic E-state index is 0.384. The van der Waals surface area contributed by atoms with E-state index in [1.165, 1.54) is 24.7 Å². The van der Waals surface area contributed by atoms with Crippen molar-refractivity contribution in [3.63, 3.8) is 0 Å². The molecule has 28 heavy (non-hydrogen) atoms. The maximum atomic E-state index is 13.0. The highest BCUT2D eigenvalue weighted by molar-refractivity contribution is 5.94. The predicted molar refractivity (Wildman–Crippen MR) is 99.5 cm³/mol. The maximum Gasteiger partial charge on any atom is 0.416 e. The first-order valence-corrected chi connectivity index (χ1v) is 8.37. The number of amides is 1. The molecule has 0 aliphatic carbocycles. The summed E-state index contributed by atoms with van der Waals surface area (Å²) in [4.78, 5) is 15.8. The van der Waals surface area contributed by atoms with Crippen LogP contribution < -0.4 is 5.43 Å². The fourth-order valence-electron chi connectivity index (χ4n) is 2.87. The molecule has 0 bridgehead atoms. The Morgan fingerprint density at radius 2 is 1.86 bits per heavy atom. The van der Waals surface area contributed by atoms with Crippen molar-refractivity contribution in [1.82, 2.24) is 15.0 Å². The summed E-state index contributed by atoms with van der Waals surface area (Å²) in [6.45, 7) is 3.57. The lowest BCUT2D eigenvalue weighted by Crippen LogP contribution is -2.17. The van der Waals surface area contributed by atoms with Gasteiger partial charge in [0.2, 0.25) is 0 Å². The van der Waals surface area contributed by atoms with E-state index in [2.05, 4.69) is 15.5 Å². The van der Waals surface area contributed by atoms with Crippen LogP contribution in [0.3, 0.4) is 0 Å². The van der Waals surface area contributed by atoms with Crippen LogP contribution in [0.2, 0.25) is 0 Å². The minimum atomic E-state index is -4.41. The van der Waals surface area contributed by atoms with Gasteiger partial charge in [0.15, 0.2) is 0 Å². The van der Waals surface area contributed by atoms with Gasteiger partial charge in [-0.3, -0.25) is 9.78 Å². The summed E-state index contributed by atoms with van der Waals surface area (Å²) in [6, 6.07) is 10.0. The summed E-state index contributed by atoms with van der Waals surface area (Å²) >= 11 is 0. The monoisotopic (exact) mass is 386 g/mol. The second-order valence-electron chi connectivity index (χ2n) is 6.14. The number of carbonyl (C=O) groups is 1. The normalized spacial score (nSPS) is 11.8. The van der Waals surface area contributed by atoms with Crippen LogP contribution in [0.5, 0.6) is 0 Å². The SMILES string of the molecule is Cc1cc(C=NNC(=O)c2ccncc2)c(C)n1-c1cccc(C(F)(F)F)c1. The molecule has 0 atom stereocenters. The summed E-state index contributed by atoms with van der Waals surface area (Å²) in [5, 5.41) is 3.95. The number of nitrogens with one attached hydrogen (secondary N) is 1. The molecule has 0 aliphatic rings. The largest absolute Gasteiger partial charge is 0.416 e. The molecule has 1 N–H and O–H groups in total. The standard InChI is InChI=1S/C20H17F3N4O/c1-13-10-16(12-25-26-19(28)15-6-8-24-9-7-15)14(2)27(13)18-5-3-4-17(11-18)20(21,22)23/h3-12H,1-2H3,(H,26,28). The second-order valence-corrected chi connectivity index (χ2v) is 6.14. The van der Waals surface area contributed by atoms with Crippen LogP contribution in [0.15, 0.2) is 60.0 Å². The Morgan fingerprint density at radius 3 is 2.54 bits per heavy atom. The molecule has 0 aliphatic heterocycles. The fraction of sp³-hybridized carbons (Fsp3) is 0.150. The number of carbonyl (C=O) groups excluding carboxylic acids is 1. The van der Waals surface area contributed by atoms with E-state index >= 15 is 0 Å². The highest BCUT2D eigenvalue weighted by Gasteiger charge is 2.30. The molecule has 0 fully saturated rings. The van der Waals surface area contributed by atoms with E-state index in [-0.39, 0.29) is 5.91 Å². The molecule has 2 heterocycles. The van der Waals surface area contributed by atoms with Crippen molar-refractivity contribution in [1.29, 1.82) is 0 Å². The van der Waals surface area contributed by atoms with E-state index in [0.717, 1.165) is 17.8 Å². The zero-order valence-electron chi connectivity index (χ0n) is 15.2. The highest BCUT2D eigenvalue weighted by atomic mass is 19.4. The number of aryl methyl sites for hydroxylation is 1. The van der Waals surface area contributed by atoms with Gasteiger partial charge in [0.25, 0.3) is 5.91 Å². The number of benzene rings is 1. The summed E-state index contributed by atoms with van der Waals surface area (Å²) in [5.41, 5.74) is 4.67. The molecule has 144 valence electrons. The lowest BCUT2D eigenvalue weighted by Gasteiger charge is -2.13. The first-order valence-electron chi connectivity index (χ1n) is 8.37. The highest BCUT2D eigenvalue weighted by Crippen LogP contribution is 2.31. The van der Waals surface area contributed by atoms with Gasteiger partial charge in [-0.05, 0) is 50.2 Å². The molecule has 0 saturated heterocycles. The van der Waals surface area contributed by atoms with E-state index in [9.17, 15) is 18.0 Å². The predicted octanol–water partition coefficient (Wildman–Crippen LogP) is 4.27. The fourth-order valence-corrected chi connectivity index (χ4v) is 2.87. The number of alkyl halides is 3. The van der Waals surface area contributed by atoms with Gasteiger partial charge in [0.1, 0.15) is 0 Å². The summed E-state index contributed by atoms with van der Waals surface area (Å²) in [5.74, 6) is -0.384. The van der Waals surface area contributed by atoms with Gasteiger partial charge in [-0.25, -0.2) is 5.43 Å². The number of rotatable bonds is 4. The van der Waals surface area contributed by atoms with Crippen LogP contribution in [-0.2, 0) is 6.18 Å². The minimum Gasteiger partial charge on any atom is -0.318 e. The van der Waals surface area contributed by atoms with Crippen molar-refractivity contribution in [3.05, 3.63) is 82.9 Å². The van der Waals surface area contributed by atoms with Crippen molar-refractivity contribution in [2.45, 2.75) is 20.0 Å². The molecule has 1 aromatic carbocycles. The third kappa shape index (κ3) is 4.11. The van der Waals surface area contributed by atoms with Gasteiger partial charge in [-0.1, -0.05) is 6.07 Å². The first kappa shape index (κ1) is 19.3. The van der Waals surface area contributed by atoms with Crippen molar-refractivity contribution < 1.29 is 18.0 Å². The zero-order chi connectivity index (χ0) is 20.3. The molecule has 1 amide bonds. The molecule has 0 spiro atoms. The molecule has 0 radical (unpaired) electrons. The average Bonchev–Trinajstić information content (AvgIpc) is 2.95. The van der Waals surface area contributed by atoms with Gasteiger partial charge >= 0.3 is 6.18 Å². The van der Waals surface area contributed by atoms with E-state index in [1.54, 1.807) is 42.7 Å². The summed E-state index contributed by atoms with van der Waals surface area (Å²) in [6.07, 6.45) is 0.0562. The van der Waals surface area contributed by atoms with Gasteiger partial charge < -0.3 is 4.57 Å². The van der Waals surface area contributed by atoms with E-state index < -0.39 is 11.7 Å². The number of halogens is 3. The van der Waals surface area contributed by atoms with E-state index in [4.69, 9.17) is 0 Å². The van der Waals surface area contributed by atoms with Crippen molar-refractivity contribution in [2.75, 3.05) is 0 Å². The van der Waals surface area contributed by atoms with Crippen molar-refractivity contribution in [2.24, 2.45) is 5.10 Å². The van der Waals surface area contributed by atoms with Crippen LogP contribution in [0.1, 0.15) is 32.9 Å². The van der Waals surface area contributed by atoms with Crippen molar-refractivity contribution in [3.8, 4) is 5.69 Å². The quantitative estimate of drug-likeness (QED) is 0.538. The molecule has 3 aromatic rings. The van der Waals surface area contributed by atoms with Crippen LogP contribution in [-0.4, -0.2) is 21.7 Å². The smallest absolute Gasteiger partial charge is 0.318 e. The maximum absolute atomic E-state index is 13.0. The third-order valence-corrected chi connectivity index (χ3v) is 4.21. The molecular formula is C20H17F3N4O. The number of pyridine rings is 1. The Kier molecular flexibility index (Phi) is 5.30. The summed E-state index contributed by atoms with van der Waals surface area (Å²) in [7, 11) is 0. The first-order chi connectivity index (χ1) is 13.3. The second kappa shape index (κ2) is 7.67.